The number of aromatic nitrogens is 2. The molecule has 5 nitrogen and oxygen atoms in total. The molecule has 0 spiro atoms. The van der Waals surface area contributed by atoms with E-state index in [1.165, 1.54) is 16.2 Å². The molecule has 1 aliphatic heterocycles. The van der Waals surface area contributed by atoms with Gasteiger partial charge >= 0.3 is 12.1 Å². The lowest BCUT2D eigenvalue weighted by molar-refractivity contribution is -0.187. The van der Waals surface area contributed by atoms with Crippen LogP contribution in [0.4, 0.5) is 19.0 Å². The first-order valence-corrected chi connectivity index (χ1v) is 8.20. The zero-order valence-corrected chi connectivity index (χ0v) is 14.1. The lowest BCUT2D eigenvalue weighted by Crippen LogP contribution is -2.33. The number of anilines is 1. The second kappa shape index (κ2) is 5.58. The van der Waals surface area contributed by atoms with Crippen molar-refractivity contribution in [1.82, 2.24) is 9.97 Å². The third kappa shape index (κ3) is 2.70. The molecule has 0 radical (unpaired) electrons. The van der Waals surface area contributed by atoms with E-state index < -0.39 is 30.5 Å². The van der Waals surface area contributed by atoms with E-state index in [9.17, 15) is 23.1 Å². The van der Waals surface area contributed by atoms with E-state index >= 15 is 0 Å². The van der Waals surface area contributed by atoms with E-state index in [0.717, 1.165) is 20.7 Å². The Hall–Kier alpha value is -1.90. The number of aryl methyl sites for hydroxylation is 3. The van der Waals surface area contributed by atoms with Gasteiger partial charge in [-0.1, -0.05) is 0 Å². The highest BCUT2D eigenvalue weighted by atomic mass is 32.1. The maximum atomic E-state index is 13.2. The minimum Gasteiger partial charge on any atom is -0.481 e. The van der Waals surface area contributed by atoms with Crippen LogP contribution in [0.5, 0.6) is 0 Å². The summed E-state index contributed by atoms with van der Waals surface area (Å²) < 4.78 is 39.6. The number of hydrogen-bond acceptors (Lipinski definition) is 5. The smallest absolute Gasteiger partial charge is 0.394 e. The molecule has 0 saturated carbocycles. The van der Waals surface area contributed by atoms with E-state index in [-0.39, 0.29) is 6.54 Å². The second-order valence-corrected chi connectivity index (χ2v) is 7.26. The minimum absolute atomic E-state index is 0.209. The Morgan fingerprint density at radius 3 is 2.46 bits per heavy atom. The summed E-state index contributed by atoms with van der Waals surface area (Å²) >= 11 is 1.46. The molecule has 0 aromatic carbocycles. The summed E-state index contributed by atoms with van der Waals surface area (Å²) in [5, 5.41) is 9.90. The number of carboxylic acids is 1. The third-order valence-electron chi connectivity index (χ3n) is 4.48. The fraction of sp³-hybridized carbons (Fsp3) is 0.533. The maximum absolute atomic E-state index is 13.2. The molecule has 0 aliphatic carbocycles. The van der Waals surface area contributed by atoms with Crippen LogP contribution in [0.2, 0.25) is 0 Å². The van der Waals surface area contributed by atoms with Gasteiger partial charge in [0.15, 0.2) is 0 Å². The zero-order valence-electron chi connectivity index (χ0n) is 13.3. The standard InChI is InChI=1S/C15H16F3N3O2S/c1-6-7(2)24-13-11(6)12(19-8(3)20-13)21-4-9(14(22)23)10(5-21)15(16,17)18/h9-10H,4-5H2,1-3H3,(H,22,23)/t9-,10-/m1/s1. The van der Waals surface area contributed by atoms with E-state index in [0.29, 0.717) is 11.6 Å². The van der Waals surface area contributed by atoms with Crippen LogP contribution in [0.25, 0.3) is 10.2 Å². The quantitative estimate of drug-likeness (QED) is 0.891. The van der Waals surface area contributed by atoms with Gasteiger partial charge in [-0.3, -0.25) is 4.79 Å². The molecule has 2 aromatic heterocycles. The first kappa shape index (κ1) is 16.9. The van der Waals surface area contributed by atoms with Crippen LogP contribution >= 0.6 is 11.3 Å². The Morgan fingerprint density at radius 1 is 1.25 bits per heavy atom. The number of thiophene rings is 1. The molecule has 3 heterocycles. The first-order chi connectivity index (χ1) is 11.1. The molecule has 1 N–H and O–H groups in total. The van der Waals surface area contributed by atoms with Crippen molar-refractivity contribution in [2.24, 2.45) is 11.8 Å². The van der Waals surface area contributed by atoms with Crippen molar-refractivity contribution >= 4 is 33.3 Å². The summed E-state index contributed by atoms with van der Waals surface area (Å²) in [7, 11) is 0. The Kier molecular flexibility index (Phi) is 3.94. The Balaban J connectivity index is 2.10. The van der Waals surface area contributed by atoms with Gasteiger partial charge < -0.3 is 10.0 Å². The highest BCUT2D eigenvalue weighted by molar-refractivity contribution is 7.18. The summed E-state index contributed by atoms with van der Waals surface area (Å²) in [6, 6.07) is 0. The lowest BCUT2D eigenvalue weighted by Gasteiger charge is -2.20. The van der Waals surface area contributed by atoms with Crippen molar-refractivity contribution in [2.75, 3.05) is 18.0 Å². The minimum atomic E-state index is -4.56. The Labute approximate surface area is 140 Å². The van der Waals surface area contributed by atoms with Gasteiger partial charge in [-0.15, -0.1) is 11.3 Å². The molecule has 1 saturated heterocycles. The van der Waals surface area contributed by atoms with Crippen molar-refractivity contribution in [1.29, 1.82) is 0 Å². The molecule has 0 unspecified atom stereocenters. The largest absolute Gasteiger partial charge is 0.481 e. The third-order valence-corrected chi connectivity index (χ3v) is 5.58. The van der Waals surface area contributed by atoms with Gasteiger partial charge in [0.05, 0.1) is 17.2 Å². The first-order valence-electron chi connectivity index (χ1n) is 7.38. The summed E-state index contributed by atoms with van der Waals surface area (Å²) in [5.41, 5.74) is 0.923. The van der Waals surface area contributed by atoms with E-state index in [2.05, 4.69) is 9.97 Å². The van der Waals surface area contributed by atoms with Crippen molar-refractivity contribution in [3.63, 3.8) is 0 Å². The summed E-state index contributed by atoms with van der Waals surface area (Å²) in [5.74, 6) is -3.96. The fourth-order valence-corrected chi connectivity index (χ4v) is 4.19. The summed E-state index contributed by atoms with van der Waals surface area (Å²) in [6.07, 6.45) is -4.56. The molecule has 0 amide bonds. The van der Waals surface area contributed by atoms with Crippen LogP contribution in [0.3, 0.4) is 0 Å². The molecule has 130 valence electrons. The number of hydrogen-bond donors (Lipinski definition) is 1. The van der Waals surface area contributed by atoms with E-state index in [1.54, 1.807) is 6.92 Å². The van der Waals surface area contributed by atoms with Crippen molar-refractivity contribution < 1.29 is 23.1 Å². The monoisotopic (exact) mass is 359 g/mol. The number of fused-ring (bicyclic) bond motifs is 1. The Morgan fingerprint density at radius 2 is 1.92 bits per heavy atom. The lowest BCUT2D eigenvalue weighted by atomic mass is 9.96. The normalized spacial score (nSPS) is 21.7. The van der Waals surface area contributed by atoms with Crippen molar-refractivity contribution in [3.8, 4) is 0 Å². The summed E-state index contributed by atoms with van der Waals surface area (Å²) in [6.45, 7) is 4.87. The van der Waals surface area contributed by atoms with Gasteiger partial charge in [0.25, 0.3) is 0 Å². The predicted octanol–water partition coefficient (Wildman–Crippen LogP) is 3.32. The number of alkyl halides is 3. The van der Waals surface area contributed by atoms with Crippen LogP contribution in [0.15, 0.2) is 0 Å². The van der Waals surface area contributed by atoms with Crippen LogP contribution in [-0.4, -0.2) is 40.3 Å². The SMILES string of the molecule is Cc1nc(N2C[C@@H](C(F)(F)F)[C@H](C(=O)O)C2)c2c(C)c(C)sc2n1. The van der Waals surface area contributed by atoms with Gasteiger partial charge in [-0.25, -0.2) is 9.97 Å². The van der Waals surface area contributed by atoms with Gasteiger partial charge in [0.1, 0.15) is 16.5 Å². The van der Waals surface area contributed by atoms with E-state index in [1.807, 2.05) is 13.8 Å². The van der Waals surface area contributed by atoms with Crippen LogP contribution in [0.1, 0.15) is 16.3 Å². The molecule has 1 fully saturated rings. The highest BCUT2D eigenvalue weighted by Gasteiger charge is 2.53. The molecular weight excluding hydrogens is 343 g/mol. The molecule has 2 atom stereocenters. The molecule has 9 heteroatoms. The van der Waals surface area contributed by atoms with Gasteiger partial charge in [0.2, 0.25) is 0 Å². The molecule has 0 bridgehead atoms. The summed E-state index contributed by atoms with van der Waals surface area (Å²) in [4.78, 5) is 23.1. The number of halogens is 3. The molecule has 24 heavy (non-hydrogen) atoms. The second-order valence-electron chi connectivity index (χ2n) is 6.06. The topological polar surface area (TPSA) is 66.3 Å². The molecule has 1 aliphatic rings. The zero-order chi connectivity index (χ0) is 17.8. The number of aliphatic carboxylic acids is 1. The number of nitrogens with zero attached hydrogens (tertiary/aromatic N) is 3. The van der Waals surface area contributed by atoms with E-state index in [4.69, 9.17) is 0 Å². The molecule has 2 aromatic rings. The van der Waals surface area contributed by atoms with Crippen LogP contribution in [0, 0.1) is 32.6 Å². The Bertz CT molecular complexity index is 818. The van der Waals surface area contributed by atoms with Crippen molar-refractivity contribution in [2.45, 2.75) is 26.9 Å². The van der Waals surface area contributed by atoms with Crippen LogP contribution in [-0.2, 0) is 4.79 Å². The van der Waals surface area contributed by atoms with Crippen LogP contribution < -0.4 is 4.90 Å². The predicted molar refractivity (Wildman–Crippen MR) is 84.5 cm³/mol. The van der Waals surface area contributed by atoms with Gasteiger partial charge in [-0.05, 0) is 26.3 Å². The molecular formula is C15H16F3N3O2S. The number of carbonyl (C=O) groups is 1. The maximum Gasteiger partial charge on any atom is 0.394 e. The number of rotatable bonds is 2. The highest BCUT2D eigenvalue weighted by Crippen LogP contribution is 2.42. The van der Waals surface area contributed by atoms with Gasteiger partial charge in [0, 0.05) is 18.0 Å². The molecule has 3 rings (SSSR count). The van der Waals surface area contributed by atoms with Crippen molar-refractivity contribution in [3.05, 3.63) is 16.3 Å². The average molecular weight is 359 g/mol. The average Bonchev–Trinajstić information content (AvgIpc) is 3.01. The fourth-order valence-electron chi connectivity index (χ4n) is 3.12. The van der Waals surface area contributed by atoms with Gasteiger partial charge in [-0.2, -0.15) is 13.2 Å². The number of carboxylic acid groups (broad SMARTS) is 1.